The summed E-state index contributed by atoms with van der Waals surface area (Å²) >= 11 is 7.19. The van der Waals surface area contributed by atoms with Crippen LogP contribution in [0, 0.1) is 6.92 Å². The zero-order valence-electron chi connectivity index (χ0n) is 9.92. The van der Waals surface area contributed by atoms with Crippen LogP contribution in [-0.4, -0.2) is 20.5 Å². The number of benzene rings is 1. The van der Waals surface area contributed by atoms with Gasteiger partial charge < -0.3 is 5.32 Å². The van der Waals surface area contributed by atoms with Crippen molar-refractivity contribution in [2.75, 3.05) is 5.32 Å². The normalized spacial score (nSPS) is 10.8. The van der Waals surface area contributed by atoms with Gasteiger partial charge in [0, 0.05) is 10.7 Å². The molecule has 0 spiro atoms. The van der Waals surface area contributed by atoms with E-state index >= 15 is 0 Å². The number of rotatable bonds is 2. The summed E-state index contributed by atoms with van der Waals surface area (Å²) in [6.07, 6.45) is 0. The monoisotopic (exact) mass is 292 g/mol. The summed E-state index contributed by atoms with van der Waals surface area (Å²) in [7, 11) is 0. The van der Waals surface area contributed by atoms with Crippen LogP contribution in [0.15, 0.2) is 29.8 Å². The van der Waals surface area contributed by atoms with E-state index in [9.17, 15) is 4.79 Å². The zero-order chi connectivity index (χ0) is 13.4. The molecule has 0 fully saturated rings. The lowest BCUT2D eigenvalue weighted by molar-refractivity contribution is 0.102. The number of nitrogens with zero attached hydrogens (tertiary/aromatic N) is 3. The second-order valence-corrected chi connectivity index (χ2v) is 5.19. The van der Waals surface area contributed by atoms with Crippen molar-refractivity contribution in [3.05, 3.63) is 46.2 Å². The molecule has 0 saturated carbocycles. The quantitative estimate of drug-likeness (QED) is 0.790. The molecule has 0 atom stereocenters. The predicted octanol–water partition coefficient (Wildman–Crippen LogP) is 3.00. The smallest absolute Gasteiger partial charge is 0.276 e. The average molecular weight is 293 g/mol. The van der Waals surface area contributed by atoms with Crippen LogP contribution >= 0.6 is 22.9 Å². The molecule has 0 aliphatic carbocycles. The Kier molecular flexibility index (Phi) is 2.96. The van der Waals surface area contributed by atoms with Crippen LogP contribution in [0.1, 0.15) is 16.2 Å². The van der Waals surface area contributed by atoms with Crippen LogP contribution in [0.3, 0.4) is 0 Å². The molecule has 96 valence electrons. The summed E-state index contributed by atoms with van der Waals surface area (Å²) in [6.45, 7) is 1.79. The second kappa shape index (κ2) is 4.64. The summed E-state index contributed by atoms with van der Waals surface area (Å²) in [4.78, 5) is 17.2. The van der Waals surface area contributed by atoms with Crippen molar-refractivity contribution in [2.24, 2.45) is 0 Å². The van der Waals surface area contributed by atoms with Crippen LogP contribution in [0.2, 0.25) is 5.02 Å². The van der Waals surface area contributed by atoms with E-state index in [4.69, 9.17) is 11.6 Å². The first-order valence-electron chi connectivity index (χ1n) is 5.51. The van der Waals surface area contributed by atoms with Crippen molar-refractivity contribution in [1.29, 1.82) is 0 Å². The number of fused-ring (bicyclic) bond motifs is 1. The average Bonchev–Trinajstić information content (AvgIpc) is 2.91. The first-order chi connectivity index (χ1) is 9.15. The summed E-state index contributed by atoms with van der Waals surface area (Å²) in [5.74, 6) is -0.238. The fourth-order valence-electron chi connectivity index (χ4n) is 1.78. The second-order valence-electron chi connectivity index (χ2n) is 3.94. The van der Waals surface area contributed by atoms with Crippen molar-refractivity contribution in [3.63, 3.8) is 0 Å². The van der Waals surface area contributed by atoms with Gasteiger partial charge in [-0.1, -0.05) is 22.9 Å². The highest BCUT2D eigenvalue weighted by Gasteiger charge is 2.18. The Labute approximate surface area is 117 Å². The lowest BCUT2D eigenvalue weighted by Gasteiger charge is -2.04. The minimum atomic E-state index is -0.238. The largest absolute Gasteiger partial charge is 0.321 e. The lowest BCUT2D eigenvalue weighted by Crippen LogP contribution is -2.15. The predicted molar refractivity (Wildman–Crippen MR) is 75.0 cm³/mol. The molecule has 5 nitrogen and oxygen atoms in total. The first-order valence-corrected chi connectivity index (χ1v) is 6.76. The third-order valence-corrected chi connectivity index (χ3v) is 3.56. The molecular weight excluding hydrogens is 284 g/mol. The van der Waals surface area contributed by atoms with E-state index in [-0.39, 0.29) is 5.91 Å². The Bertz CT molecular complexity index is 747. The Hall–Kier alpha value is -1.92. The van der Waals surface area contributed by atoms with Gasteiger partial charge >= 0.3 is 0 Å². The molecule has 0 unspecified atom stereocenters. The van der Waals surface area contributed by atoms with Gasteiger partial charge in [0.1, 0.15) is 5.51 Å². The van der Waals surface area contributed by atoms with Gasteiger partial charge in [-0.3, -0.25) is 4.79 Å². The zero-order valence-corrected chi connectivity index (χ0v) is 11.5. The van der Waals surface area contributed by atoms with Gasteiger partial charge in [-0.05, 0) is 31.2 Å². The molecule has 2 aromatic heterocycles. The van der Waals surface area contributed by atoms with Crippen molar-refractivity contribution < 1.29 is 4.79 Å². The number of carbonyl (C=O) groups is 1. The highest BCUT2D eigenvalue weighted by Crippen LogP contribution is 2.18. The maximum Gasteiger partial charge on any atom is 0.276 e. The van der Waals surface area contributed by atoms with Crippen LogP contribution in [0.4, 0.5) is 5.69 Å². The van der Waals surface area contributed by atoms with E-state index in [0.717, 1.165) is 0 Å². The first kappa shape index (κ1) is 12.1. The number of hydrogen-bond donors (Lipinski definition) is 1. The van der Waals surface area contributed by atoms with Crippen molar-refractivity contribution in [2.45, 2.75) is 6.92 Å². The van der Waals surface area contributed by atoms with Gasteiger partial charge in [-0.25, -0.2) is 4.98 Å². The minimum Gasteiger partial charge on any atom is -0.321 e. The standard InChI is InChI=1S/C12H9ClN4OS/c1-7-10(17-12(15-7)19-6-14-17)11(18)16-9-4-2-8(13)3-5-9/h2-6H,1H3,(H,16,18). The van der Waals surface area contributed by atoms with E-state index in [1.54, 1.807) is 41.2 Å². The number of imidazole rings is 1. The summed E-state index contributed by atoms with van der Waals surface area (Å²) in [5, 5.41) is 7.53. The van der Waals surface area contributed by atoms with Crippen LogP contribution in [-0.2, 0) is 0 Å². The highest BCUT2D eigenvalue weighted by molar-refractivity contribution is 7.14. The maximum atomic E-state index is 12.3. The number of aromatic nitrogens is 3. The molecule has 1 N–H and O–H groups in total. The fourth-order valence-corrected chi connectivity index (χ4v) is 2.57. The maximum absolute atomic E-state index is 12.3. The molecule has 0 bridgehead atoms. The number of hydrogen-bond acceptors (Lipinski definition) is 4. The number of amides is 1. The van der Waals surface area contributed by atoms with Gasteiger partial charge in [-0.2, -0.15) is 9.61 Å². The minimum absolute atomic E-state index is 0.238. The van der Waals surface area contributed by atoms with E-state index in [1.165, 1.54) is 11.3 Å². The van der Waals surface area contributed by atoms with Crippen molar-refractivity contribution in [3.8, 4) is 0 Å². The number of nitrogens with one attached hydrogen (secondary N) is 1. The number of anilines is 1. The molecule has 3 rings (SSSR count). The van der Waals surface area contributed by atoms with Crippen LogP contribution in [0.5, 0.6) is 0 Å². The fraction of sp³-hybridized carbons (Fsp3) is 0.0833. The Balaban J connectivity index is 1.93. The molecule has 0 aliphatic rings. The summed E-state index contributed by atoms with van der Waals surface area (Å²) < 4.78 is 1.55. The Morgan fingerprint density at radius 1 is 1.37 bits per heavy atom. The van der Waals surface area contributed by atoms with E-state index in [2.05, 4.69) is 15.4 Å². The SMILES string of the molecule is Cc1nc2scnn2c1C(=O)Nc1ccc(Cl)cc1. The van der Waals surface area contributed by atoms with E-state index in [1.807, 2.05) is 0 Å². The molecule has 19 heavy (non-hydrogen) atoms. The molecular formula is C12H9ClN4OS. The highest BCUT2D eigenvalue weighted by atomic mass is 35.5. The van der Waals surface area contributed by atoms with Gasteiger partial charge in [0.2, 0.25) is 4.96 Å². The van der Waals surface area contributed by atoms with E-state index in [0.29, 0.717) is 27.1 Å². The van der Waals surface area contributed by atoms with Crippen molar-refractivity contribution in [1.82, 2.24) is 14.6 Å². The molecule has 0 aliphatic heterocycles. The molecule has 1 amide bonds. The van der Waals surface area contributed by atoms with Gasteiger partial charge in [0.25, 0.3) is 5.91 Å². The van der Waals surface area contributed by atoms with Gasteiger partial charge in [0.05, 0.1) is 5.69 Å². The molecule has 2 heterocycles. The lowest BCUT2D eigenvalue weighted by atomic mass is 10.3. The third-order valence-electron chi connectivity index (χ3n) is 2.64. The molecule has 3 aromatic rings. The molecule has 0 radical (unpaired) electrons. The Morgan fingerprint density at radius 2 is 2.11 bits per heavy atom. The van der Waals surface area contributed by atoms with Gasteiger partial charge in [-0.15, -0.1) is 0 Å². The molecule has 0 saturated heterocycles. The van der Waals surface area contributed by atoms with Crippen molar-refractivity contribution >= 4 is 39.5 Å². The molecule has 1 aromatic carbocycles. The van der Waals surface area contributed by atoms with Crippen LogP contribution < -0.4 is 5.32 Å². The third kappa shape index (κ3) is 2.20. The number of aryl methyl sites for hydroxylation is 1. The van der Waals surface area contributed by atoms with Crippen LogP contribution in [0.25, 0.3) is 4.96 Å². The summed E-state index contributed by atoms with van der Waals surface area (Å²) in [6, 6.07) is 6.93. The number of carbonyl (C=O) groups excluding carboxylic acids is 1. The number of halogens is 1. The summed E-state index contributed by atoms with van der Waals surface area (Å²) in [5.41, 5.74) is 3.44. The Morgan fingerprint density at radius 3 is 2.84 bits per heavy atom. The van der Waals surface area contributed by atoms with Gasteiger partial charge in [0.15, 0.2) is 5.69 Å². The molecule has 7 heteroatoms. The van der Waals surface area contributed by atoms with E-state index < -0.39 is 0 Å². The topological polar surface area (TPSA) is 59.3 Å².